The first-order valence-corrected chi connectivity index (χ1v) is 19.1. The van der Waals surface area contributed by atoms with Crippen LogP contribution < -0.4 is 0 Å². The lowest BCUT2D eigenvalue weighted by Gasteiger charge is -2.22. The van der Waals surface area contributed by atoms with Crippen molar-refractivity contribution in [3.63, 3.8) is 0 Å². The van der Waals surface area contributed by atoms with Crippen LogP contribution in [-0.4, -0.2) is 9.97 Å². The van der Waals surface area contributed by atoms with Crippen LogP contribution in [0.25, 0.3) is 99.2 Å². The Kier molecular flexibility index (Phi) is 6.93. The molecule has 1 aliphatic carbocycles. The van der Waals surface area contributed by atoms with Crippen molar-refractivity contribution in [2.45, 2.75) is 19.3 Å². The number of aromatic nitrogens is 2. The molecule has 2 aromatic heterocycles. The molecule has 0 N–H and O–H groups in total. The molecule has 0 amide bonds. The van der Waals surface area contributed by atoms with Crippen molar-refractivity contribution in [3.8, 4) is 55.9 Å². The molecule has 0 spiro atoms. The second-order valence-corrected chi connectivity index (χ2v) is 15.3. The molecule has 8 aromatic carbocycles. The zero-order valence-corrected chi connectivity index (χ0v) is 30.7. The second kappa shape index (κ2) is 12.1. The highest BCUT2D eigenvalue weighted by atomic mass is 14.8. The summed E-state index contributed by atoms with van der Waals surface area (Å²) in [5, 5.41) is 6.95. The Morgan fingerprint density at radius 3 is 1.56 bits per heavy atom. The fraction of sp³-hybridized carbons (Fsp3) is 0.0566. The summed E-state index contributed by atoms with van der Waals surface area (Å²) in [4.78, 5) is 10.7. The van der Waals surface area contributed by atoms with Gasteiger partial charge in [-0.3, -0.25) is 0 Å². The van der Waals surface area contributed by atoms with E-state index in [0.29, 0.717) is 0 Å². The highest BCUT2D eigenvalue weighted by Gasteiger charge is 2.35. The van der Waals surface area contributed by atoms with Gasteiger partial charge in [-0.2, -0.15) is 0 Å². The monoisotopic (exact) mass is 700 g/mol. The first kappa shape index (κ1) is 31.6. The summed E-state index contributed by atoms with van der Waals surface area (Å²) in [6.07, 6.45) is 0. The molecule has 11 rings (SSSR count). The lowest BCUT2D eigenvalue weighted by Crippen LogP contribution is -2.14. The summed E-state index contributed by atoms with van der Waals surface area (Å²) < 4.78 is 0. The van der Waals surface area contributed by atoms with Gasteiger partial charge < -0.3 is 0 Å². The van der Waals surface area contributed by atoms with Crippen molar-refractivity contribution in [2.75, 3.05) is 0 Å². The largest absolute Gasteiger partial charge is 0.245 e. The van der Waals surface area contributed by atoms with Gasteiger partial charge in [-0.1, -0.05) is 172 Å². The molecule has 0 atom stereocenters. The third kappa shape index (κ3) is 4.88. The van der Waals surface area contributed by atoms with Crippen LogP contribution in [0.5, 0.6) is 0 Å². The van der Waals surface area contributed by atoms with Gasteiger partial charge in [-0.25, -0.2) is 9.97 Å². The summed E-state index contributed by atoms with van der Waals surface area (Å²) in [6, 6.07) is 66.0. The Labute approximate surface area is 320 Å². The van der Waals surface area contributed by atoms with Crippen LogP contribution in [0.2, 0.25) is 0 Å². The molecule has 55 heavy (non-hydrogen) atoms. The molecule has 0 bridgehead atoms. The van der Waals surface area contributed by atoms with E-state index < -0.39 is 0 Å². The number of hydrogen-bond donors (Lipinski definition) is 0. The van der Waals surface area contributed by atoms with Crippen molar-refractivity contribution in [1.82, 2.24) is 9.97 Å². The topological polar surface area (TPSA) is 25.8 Å². The van der Waals surface area contributed by atoms with Gasteiger partial charge in [-0.05, 0) is 90.3 Å². The molecule has 0 radical (unpaired) electrons. The summed E-state index contributed by atoms with van der Waals surface area (Å²) in [5.74, 6) is 0. The fourth-order valence-corrected chi connectivity index (χ4v) is 9.13. The van der Waals surface area contributed by atoms with E-state index in [0.717, 1.165) is 44.3 Å². The molecule has 10 aromatic rings. The number of rotatable bonds is 4. The van der Waals surface area contributed by atoms with Crippen LogP contribution in [0.3, 0.4) is 0 Å². The summed E-state index contributed by atoms with van der Waals surface area (Å²) >= 11 is 0. The molecule has 0 saturated heterocycles. The highest BCUT2D eigenvalue weighted by molar-refractivity contribution is 6.21. The average molecular weight is 701 g/mol. The lowest BCUT2D eigenvalue weighted by molar-refractivity contribution is 0.660. The SMILES string of the molecule is CC1(C)c2ccccc2-c2ccc(-c3cccc(-c4c5ccccc5c(-c5ccc6ccc7ccc(-c8ccccc8)nc7c6n5)c5ccccc45)c3)cc21. The van der Waals surface area contributed by atoms with Gasteiger partial charge in [0.2, 0.25) is 0 Å². The van der Waals surface area contributed by atoms with Gasteiger partial charge in [0.1, 0.15) is 0 Å². The molecule has 0 aliphatic heterocycles. The number of benzene rings is 8. The Morgan fingerprint density at radius 2 is 0.855 bits per heavy atom. The van der Waals surface area contributed by atoms with Crippen molar-refractivity contribution < 1.29 is 0 Å². The van der Waals surface area contributed by atoms with Gasteiger partial charge in [0, 0.05) is 27.3 Å². The number of nitrogens with zero attached hydrogens (tertiary/aromatic N) is 2. The predicted molar refractivity (Wildman–Crippen MR) is 231 cm³/mol. The van der Waals surface area contributed by atoms with Crippen molar-refractivity contribution in [3.05, 3.63) is 193 Å². The molecule has 0 fully saturated rings. The standard InChI is InChI=1S/C53H36N2/c1-53(2)45-22-11-10-17-39(45)40-28-25-37(32-46(40)53)36-15-12-16-38(31-36)49-41-18-6-8-20-43(41)50(44-21-9-7-19-42(44)49)48-30-27-35-24-23-34-26-29-47(33-13-4-3-5-14-33)54-51(34)52(35)55-48/h3-32H,1-2H3. The minimum atomic E-state index is -0.0505. The Bertz CT molecular complexity index is 3120. The lowest BCUT2D eigenvalue weighted by atomic mass is 9.81. The third-order valence-corrected chi connectivity index (χ3v) is 11.8. The normalized spacial score (nSPS) is 13.1. The van der Waals surface area contributed by atoms with E-state index >= 15 is 0 Å². The molecule has 258 valence electrons. The highest BCUT2D eigenvalue weighted by Crippen LogP contribution is 2.50. The Balaban J connectivity index is 1.09. The van der Waals surface area contributed by atoms with E-state index in [4.69, 9.17) is 9.97 Å². The maximum atomic E-state index is 5.46. The quantitative estimate of drug-likeness (QED) is 0.135. The van der Waals surface area contributed by atoms with Crippen LogP contribution >= 0.6 is 0 Å². The third-order valence-electron chi connectivity index (χ3n) is 11.8. The molecule has 2 heterocycles. The first-order valence-electron chi connectivity index (χ1n) is 19.1. The van der Waals surface area contributed by atoms with Crippen LogP contribution in [-0.2, 0) is 5.41 Å². The molecule has 2 heteroatoms. The number of hydrogen-bond acceptors (Lipinski definition) is 2. The summed E-state index contributed by atoms with van der Waals surface area (Å²) in [7, 11) is 0. The van der Waals surface area contributed by atoms with E-state index in [1.54, 1.807) is 0 Å². The number of fused-ring (bicyclic) bond motifs is 8. The minimum Gasteiger partial charge on any atom is -0.245 e. The van der Waals surface area contributed by atoms with Crippen LogP contribution in [0.15, 0.2) is 182 Å². The minimum absolute atomic E-state index is 0.0505. The van der Waals surface area contributed by atoms with Gasteiger partial charge in [0.25, 0.3) is 0 Å². The zero-order valence-electron chi connectivity index (χ0n) is 30.7. The average Bonchev–Trinajstić information content (AvgIpc) is 3.48. The molecule has 1 aliphatic rings. The van der Waals surface area contributed by atoms with E-state index in [-0.39, 0.29) is 5.41 Å². The molecular formula is C53H36N2. The van der Waals surface area contributed by atoms with Crippen LogP contribution in [0, 0.1) is 0 Å². The van der Waals surface area contributed by atoms with Crippen molar-refractivity contribution in [1.29, 1.82) is 0 Å². The molecule has 2 nitrogen and oxygen atoms in total. The van der Waals surface area contributed by atoms with E-state index in [1.165, 1.54) is 66.1 Å². The second-order valence-electron chi connectivity index (χ2n) is 15.3. The van der Waals surface area contributed by atoms with Gasteiger partial charge in [0.05, 0.1) is 22.4 Å². The van der Waals surface area contributed by atoms with E-state index in [1.807, 2.05) is 6.07 Å². The maximum absolute atomic E-state index is 5.46. The van der Waals surface area contributed by atoms with Crippen LogP contribution in [0.1, 0.15) is 25.0 Å². The van der Waals surface area contributed by atoms with E-state index in [2.05, 4.69) is 190 Å². The van der Waals surface area contributed by atoms with E-state index in [9.17, 15) is 0 Å². The van der Waals surface area contributed by atoms with Crippen molar-refractivity contribution >= 4 is 43.4 Å². The zero-order chi connectivity index (χ0) is 36.7. The van der Waals surface area contributed by atoms with Crippen molar-refractivity contribution in [2.24, 2.45) is 0 Å². The Hall–Kier alpha value is -6.90. The van der Waals surface area contributed by atoms with Gasteiger partial charge in [0.15, 0.2) is 0 Å². The summed E-state index contributed by atoms with van der Waals surface area (Å²) in [5.41, 5.74) is 16.3. The predicted octanol–water partition coefficient (Wildman–Crippen LogP) is 14.1. The fourth-order valence-electron chi connectivity index (χ4n) is 9.13. The Morgan fingerprint density at radius 1 is 0.345 bits per heavy atom. The smallest absolute Gasteiger partial charge is 0.0972 e. The first-order chi connectivity index (χ1) is 27.0. The summed E-state index contributed by atoms with van der Waals surface area (Å²) in [6.45, 7) is 4.70. The molecular weight excluding hydrogens is 665 g/mol. The van der Waals surface area contributed by atoms with Gasteiger partial charge >= 0.3 is 0 Å². The molecule has 0 saturated carbocycles. The molecule has 0 unspecified atom stereocenters. The van der Waals surface area contributed by atoms with Crippen LogP contribution in [0.4, 0.5) is 0 Å². The van der Waals surface area contributed by atoms with Gasteiger partial charge in [-0.15, -0.1) is 0 Å². The number of pyridine rings is 2. The maximum Gasteiger partial charge on any atom is 0.0972 e.